The minimum Gasteiger partial charge on any atom is -0.372 e. The predicted molar refractivity (Wildman–Crippen MR) is 201 cm³/mol. The summed E-state index contributed by atoms with van der Waals surface area (Å²) in [6, 6.07) is 37.2. The minimum atomic E-state index is 0.783. The normalized spacial score (nSPS) is 11.8. The Hall–Kier alpha value is -4.70. The number of anilines is 1. The molecule has 0 unspecified atom stereocenters. The number of aryl methyl sites for hydroxylation is 5. The molecule has 0 radical (unpaired) electrons. The topological polar surface area (TPSA) is 27.3 Å². The van der Waals surface area contributed by atoms with Gasteiger partial charge in [0.15, 0.2) is 0 Å². The Labute approximate surface area is 272 Å². The van der Waals surface area contributed by atoms with Crippen molar-refractivity contribution in [3.63, 3.8) is 0 Å². The van der Waals surface area contributed by atoms with E-state index < -0.39 is 0 Å². The first kappa shape index (κ1) is 30.0. The molecule has 0 spiro atoms. The van der Waals surface area contributed by atoms with Crippen molar-refractivity contribution in [3.8, 4) is 22.3 Å². The van der Waals surface area contributed by atoms with E-state index in [-0.39, 0.29) is 0 Å². The summed E-state index contributed by atoms with van der Waals surface area (Å²) in [6.45, 7) is 12.6. The van der Waals surface area contributed by atoms with Gasteiger partial charge in [0.1, 0.15) is 0 Å². The minimum absolute atomic E-state index is 0.783. The first-order valence-electron chi connectivity index (χ1n) is 16.3. The van der Waals surface area contributed by atoms with Crippen molar-refractivity contribution in [2.24, 2.45) is 0 Å². The number of hydrogen-bond acceptors (Lipinski definition) is 3. The Morgan fingerprint density at radius 3 is 1.76 bits per heavy atom. The van der Waals surface area contributed by atoms with Gasteiger partial charge in [-0.15, -0.1) is 0 Å². The van der Waals surface area contributed by atoms with Crippen LogP contribution in [0.4, 0.5) is 5.69 Å². The zero-order valence-electron chi connectivity index (χ0n) is 28.1. The van der Waals surface area contributed by atoms with Crippen LogP contribution in [0.5, 0.6) is 0 Å². The molecule has 0 bridgehead atoms. The van der Waals surface area contributed by atoms with Gasteiger partial charge in [0.2, 0.25) is 0 Å². The number of rotatable bonds is 7. The molecular formula is C43H43N3. The fourth-order valence-electron chi connectivity index (χ4n) is 7.27. The lowest BCUT2D eigenvalue weighted by atomic mass is 9.84. The van der Waals surface area contributed by atoms with Crippen LogP contribution in [0.1, 0.15) is 27.8 Å². The average Bonchev–Trinajstić information content (AvgIpc) is 3.02. The number of nitrogens with zero attached hydrogens (tertiary/aromatic N) is 1. The van der Waals surface area contributed by atoms with E-state index in [1.807, 2.05) is 7.05 Å². The second-order valence-corrected chi connectivity index (χ2v) is 13.3. The van der Waals surface area contributed by atoms with E-state index in [1.54, 1.807) is 0 Å². The first-order valence-corrected chi connectivity index (χ1v) is 16.3. The Balaban J connectivity index is 1.45. The SMILES string of the molecule is CNCN(C)CNc1cc2ccc(-c3c4ccc(C)cc4c(-c4ccc5cc(C)cc(C)c5c4)c4ccc(C)cc34)cc2cc1C. The maximum absolute atomic E-state index is 3.62. The molecule has 230 valence electrons. The average molecular weight is 602 g/mol. The molecule has 3 heteroatoms. The molecule has 0 aromatic heterocycles. The quantitative estimate of drug-likeness (QED) is 0.141. The second kappa shape index (κ2) is 11.9. The largest absolute Gasteiger partial charge is 0.372 e. The summed E-state index contributed by atoms with van der Waals surface area (Å²) in [5.74, 6) is 0. The molecule has 0 aliphatic heterocycles. The molecular weight excluding hydrogens is 558 g/mol. The predicted octanol–water partition coefficient (Wildman–Crippen LogP) is 10.7. The number of nitrogens with one attached hydrogen (secondary N) is 2. The lowest BCUT2D eigenvalue weighted by Gasteiger charge is -2.20. The fourth-order valence-corrected chi connectivity index (χ4v) is 7.27. The molecule has 7 aromatic rings. The van der Waals surface area contributed by atoms with Crippen LogP contribution in [0.15, 0.2) is 97.1 Å². The van der Waals surface area contributed by atoms with Crippen molar-refractivity contribution in [1.82, 2.24) is 10.2 Å². The Morgan fingerprint density at radius 1 is 0.478 bits per heavy atom. The highest BCUT2D eigenvalue weighted by molar-refractivity contribution is 6.22. The molecule has 0 aliphatic rings. The highest BCUT2D eigenvalue weighted by atomic mass is 15.3. The smallest absolute Gasteiger partial charge is 0.0686 e. The molecule has 0 aliphatic carbocycles. The molecule has 0 saturated heterocycles. The lowest BCUT2D eigenvalue weighted by Crippen LogP contribution is -2.32. The van der Waals surface area contributed by atoms with Gasteiger partial charge < -0.3 is 10.6 Å². The van der Waals surface area contributed by atoms with E-state index in [9.17, 15) is 0 Å². The van der Waals surface area contributed by atoms with Gasteiger partial charge in [0.25, 0.3) is 0 Å². The van der Waals surface area contributed by atoms with Gasteiger partial charge in [0.05, 0.1) is 6.67 Å². The lowest BCUT2D eigenvalue weighted by molar-refractivity contribution is 0.339. The molecule has 0 amide bonds. The van der Waals surface area contributed by atoms with Gasteiger partial charge in [-0.2, -0.15) is 0 Å². The summed E-state index contributed by atoms with van der Waals surface area (Å²) in [6.07, 6.45) is 0. The molecule has 46 heavy (non-hydrogen) atoms. The summed E-state index contributed by atoms with van der Waals surface area (Å²) < 4.78 is 0. The van der Waals surface area contributed by atoms with E-state index in [1.165, 1.54) is 98.8 Å². The van der Waals surface area contributed by atoms with Gasteiger partial charge in [-0.3, -0.25) is 4.90 Å². The molecule has 2 N–H and O–H groups in total. The van der Waals surface area contributed by atoms with Gasteiger partial charge in [-0.1, -0.05) is 89.5 Å². The summed E-state index contributed by atoms with van der Waals surface area (Å²) in [5.41, 5.74) is 12.7. The maximum Gasteiger partial charge on any atom is 0.0686 e. The zero-order valence-corrected chi connectivity index (χ0v) is 28.1. The van der Waals surface area contributed by atoms with Crippen LogP contribution in [0.25, 0.3) is 65.3 Å². The molecule has 0 fully saturated rings. The van der Waals surface area contributed by atoms with Crippen molar-refractivity contribution >= 4 is 48.8 Å². The Bertz CT molecular complexity index is 2300. The van der Waals surface area contributed by atoms with E-state index in [2.05, 4.69) is 154 Å². The second-order valence-electron chi connectivity index (χ2n) is 13.3. The zero-order chi connectivity index (χ0) is 32.1. The van der Waals surface area contributed by atoms with E-state index in [4.69, 9.17) is 0 Å². The third-order valence-electron chi connectivity index (χ3n) is 9.46. The summed E-state index contributed by atoms with van der Waals surface area (Å²) in [4.78, 5) is 2.22. The highest BCUT2D eigenvalue weighted by Crippen LogP contribution is 2.45. The summed E-state index contributed by atoms with van der Waals surface area (Å²) >= 11 is 0. The maximum atomic E-state index is 3.62. The standard InChI is InChI=1S/C43H43N3/c1-26-9-15-37-39(18-26)42(33-12-10-31-23-41(30(5)20-35(31)21-33)45-25-46(7)24-44-6)36-14-8-27(2)19-40(36)43(37)34-13-11-32-17-28(3)16-29(4)38(32)22-34/h8-23,44-45H,24-25H2,1-7H3. The van der Waals surface area contributed by atoms with E-state index in [0.29, 0.717) is 0 Å². The number of benzene rings is 7. The molecule has 0 atom stereocenters. The van der Waals surface area contributed by atoms with Crippen LogP contribution in [-0.2, 0) is 0 Å². The molecule has 7 rings (SSSR count). The Morgan fingerprint density at radius 2 is 1.11 bits per heavy atom. The van der Waals surface area contributed by atoms with Crippen molar-refractivity contribution in [2.45, 2.75) is 34.6 Å². The Kier molecular flexibility index (Phi) is 7.76. The van der Waals surface area contributed by atoms with Crippen molar-refractivity contribution in [1.29, 1.82) is 0 Å². The van der Waals surface area contributed by atoms with Crippen molar-refractivity contribution in [3.05, 3.63) is 125 Å². The van der Waals surface area contributed by atoms with Gasteiger partial charge in [-0.25, -0.2) is 0 Å². The van der Waals surface area contributed by atoms with Gasteiger partial charge >= 0.3 is 0 Å². The highest BCUT2D eigenvalue weighted by Gasteiger charge is 2.18. The van der Waals surface area contributed by atoms with Gasteiger partial charge in [-0.05, 0) is 149 Å². The van der Waals surface area contributed by atoms with E-state index >= 15 is 0 Å². The molecule has 0 saturated carbocycles. The van der Waals surface area contributed by atoms with Crippen LogP contribution in [-0.4, -0.2) is 32.3 Å². The van der Waals surface area contributed by atoms with E-state index in [0.717, 1.165) is 13.3 Å². The molecule has 3 nitrogen and oxygen atoms in total. The van der Waals surface area contributed by atoms with Crippen LogP contribution in [0.3, 0.4) is 0 Å². The van der Waals surface area contributed by atoms with Gasteiger partial charge in [0, 0.05) is 12.4 Å². The van der Waals surface area contributed by atoms with Crippen LogP contribution in [0, 0.1) is 34.6 Å². The van der Waals surface area contributed by atoms with Crippen molar-refractivity contribution < 1.29 is 0 Å². The molecule has 7 aromatic carbocycles. The fraction of sp³-hybridized carbons (Fsp3) is 0.209. The molecule has 0 heterocycles. The number of hydrogen-bond donors (Lipinski definition) is 2. The third kappa shape index (κ3) is 5.40. The van der Waals surface area contributed by atoms with Crippen LogP contribution in [0.2, 0.25) is 0 Å². The summed E-state index contributed by atoms with van der Waals surface area (Å²) in [5, 5.41) is 17.1. The monoisotopic (exact) mass is 601 g/mol. The van der Waals surface area contributed by atoms with Crippen LogP contribution >= 0.6 is 0 Å². The first-order chi connectivity index (χ1) is 22.2. The van der Waals surface area contributed by atoms with Crippen LogP contribution < -0.4 is 10.6 Å². The van der Waals surface area contributed by atoms with Crippen molar-refractivity contribution in [2.75, 3.05) is 32.7 Å². The third-order valence-corrected chi connectivity index (χ3v) is 9.46. The number of fused-ring (bicyclic) bond motifs is 4. The summed E-state index contributed by atoms with van der Waals surface area (Å²) in [7, 11) is 4.08.